The Morgan fingerprint density at radius 2 is 2.00 bits per heavy atom. The first-order valence-corrected chi connectivity index (χ1v) is 9.56. The van der Waals surface area contributed by atoms with Crippen molar-refractivity contribution in [2.45, 2.75) is 52.4 Å². The van der Waals surface area contributed by atoms with Crippen LogP contribution in [0.5, 0.6) is 0 Å². The van der Waals surface area contributed by atoms with E-state index in [4.69, 9.17) is 0 Å². The molecule has 0 unspecified atom stereocenters. The lowest BCUT2D eigenvalue weighted by Crippen LogP contribution is -2.16. The maximum Gasteiger partial charge on any atom is 0.133 e. The number of imidazole rings is 1. The van der Waals surface area contributed by atoms with Gasteiger partial charge < -0.3 is 4.57 Å². The van der Waals surface area contributed by atoms with E-state index >= 15 is 0 Å². The summed E-state index contributed by atoms with van der Waals surface area (Å²) in [7, 11) is -1.29. The van der Waals surface area contributed by atoms with Gasteiger partial charge in [-0.25, -0.2) is 4.98 Å². The molecule has 0 amide bonds. The summed E-state index contributed by atoms with van der Waals surface area (Å²) in [5, 5.41) is 0. The Kier molecular flexibility index (Phi) is 2.94. The summed E-state index contributed by atoms with van der Waals surface area (Å²) in [5.41, 5.74) is 5.68. The summed E-state index contributed by atoms with van der Waals surface area (Å²) >= 11 is 0. The van der Waals surface area contributed by atoms with E-state index in [1.165, 1.54) is 24.4 Å². The molecule has 1 aliphatic heterocycles. The zero-order valence-electron chi connectivity index (χ0n) is 10.7. The second-order valence-electron chi connectivity index (χ2n) is 5.57. The third-order valence-electron chi connectivity index (χ3n) is 2.89. The van der Waals surface area contributed by atoms with Crippen LogP contribution < -0.4 is 0 Å². The highest BCUT2D eigenvalue weighted by Crippen LogP contribution is 2.18. The van der Waals surface area contributed by atoms with Gasteiger partial charge in [0.2, 0.25) is 0 Å². The predicted octanol–water partition coefficient (Wildman–Crippen LogP) is 2.76. The molecule has 0 N–H and O–H groups in total. The summed E-state index contributed by atoms with van der Waals surface area (Å²) in [5.74, 6) is 4.53. The van der Waals surface area contributed by atoms with E-state index in [1.54, 1.807) is 0 Å². The van der Waals surface area contributed by atoms with E-state index in [0.717, 1.165) is 18.7 Å². The molecular formula is C13H20N2Si. The molecule has 0 fully saturated rings. The van der Waals surface area contributed by atoms with Gasteiger partial charge in [0, 0.05) is 13.0 Å². The Balaban J connectivity index is 2.35. The molecule has 2 rings (SSSR count). The van der Waals surface area contributed by atoms with Gasteiger partial charge in [-0.2, -0.15) is 0 Å². The maximum absolute atomic E-state index is 4.66. The molecule has 0 spiro atoms. The molecule has 0 saturated heterocycles. The number of nitrogens with zero attached hydrogens (tertiary/aromatic N) is 2. The Morgan fingerprint density at radius 3 is 2.62 bits per heavy atom. The largest absolute Gasteiger partial charge is 0.331 e. The lowest BCUT2D eigenvalue weighted by Gasteiger charge is -2.14. The molecule has 1 aromatic rings. The first-order chi connectivity index (χ1) is 7.47. The quantitative estimate of drug-likeness (QED) is 0.497. The molecule has 2 nitrogen and oxygen atoms in total. The highest BCUT2D eigenvalue weighted by molar-refractivity contribution is 6.83. The standard InChI is InChI=1S/C13H20N2Si/c1-11-12(8-10-16(2,3)4)14-13-7-5-6-9-15(11)13/h5-7,9H2,1-4H3. The van der Waals surface area contributed by atoms with Crippen molar-refractivity contribution >= 4 is 8.07 Å². The van der Waals surface area contributed by atoms with Gasteiger partial charge in [0.1, 0.15) is 19.6 Å². The van der Waals surface area contributed by atoms with Crippen LogP contribution in [0.4, 0.5) is 0 Å². The van der Waals surface area contributed by atoms with Crippen LogP contribution in [-0.4, -0.2) is 17.6 Å². The van der Waals surface area contributed by atoms with Crippen LogP contribution in [-0.2, 0) is 13.0 Å². The Labute approximate surface area is 99.1 Å². The minimum atomic E-state index is -1.29. The fraction of sp³-hybridized carbons (Fsp3) is 0.615. The van der Waals surface area contributed by atoms with Gasteiger partial charge in [-0.3, -0.25) is 0 Å². The van der Waals surface area contributed by atoms with E-state index in [0.29, 0.717) is 0 Å². The fourth-order valence-corrected chi connectivity index (χ4v) is 2.49. The Morgan fingerprint density at radius 1 is 1.25 bits per heavy atom. The number of fused-ring (bicyclic) bond motifs is 1. The van der Waals surface area contributed by atoms with Crippen molar-refractivity contribution < 1.29 is 0 Å². The third kappa shape index (κ3) is 2.38. The smallest absolute Gasteiger partial charge is 0.133 e. The van der Waals surface area contributed by atoms with Crippen molar-refractivity contribution in [2.75, 3.05) is 0 Å². The van der Waals surface area contributed by atoms with Gasteiger partial charge in [-0.1, -0.05) is 25.6 Å². The van der Waals surface area contributed by atoms with Crippen molar-refractivity contribution in [2.24, 2.45) is 0 Å². The number of aryl methyl sites for hydroxylation is 1. The predicted molar refractivity (Wildman–Crippen MR) is 70.1 cm³/mol. The second kappa shape index (κ2) is 4.10. The SMILES string of the molecule is Cc1c(C#C[Si](C)(C)C)nc2n1CCCC2. The van der Waals surface area contributed by atoms with Crippen molar-refractivity contribution in [1.82, 2.24) is 9.55 Å². The molecule has 3 heteroatoms. The minimum Gasteiger partial charge on any atom is -0.331 e. The first-order valence-electron chi connectivity index (χ1n) is 6.06. The highest BCUT2D eigenvalue weighted by atomic mass is 28.3. The summed E-state index contributed by atoms with van der Waals surface area (Å²) in [6, 6.07) is 0. The van der Waals surface area contributed by atoms with Crippen LogP contribution in [0.25, 0.3) is 0 Å². The molecule has 0 bridgehead atoms. The van der Waals surface area contributed by atoms with Gasteiger partial charge >= 0.3 is 0 Å². The third-order valence-corrected chi connectivity index (χ3v) is 3.76. The van der Waals surface area contributed by atoms with Gasteiger partial charge in [0.15, 0.2) is 0 Å². The summed E-state index contributed by atoms with van der Waals surface area (Å²) in [6.45, 7) is 10.1. The van der Waals surface area contributed by atoms with Crippen LogP contribution >= 0.6 is 0 Å². The molecule has 0 atom stereocenters. The van der Waals surface area contributed by atoms with Gasteiger partial charge in [0.05, 0.1) is 5.69 Å². The monoisotopic (exact) mass is 232 g/mol. The Bertz CT molecular complexity index is 455. The van der Waals surface area contributed by atoms with Crippen LogP contribution in [0.1, 0.15) is 30.1 Å². The number of rotatable bonds is 0. The lowest BCUT2D eigenvalue weighted by molar-refractivity contribution is 0.514. The van der Waals surface area contributed by atoms with Crippen LogP contribution in [0.3, 0.4) is 0 Å². The van der Waals surface area contributed by atoms with E-state index < -0.39 is 8.07 Å². The van der Waals surface area contributed by atoms with Crippen LogP contribution in [0, 0.1) is 18.4 Å². The summed E-state index contributed by atoms with van der Waals surface area (Å²) in [4.78, 5) is 4.66. The number of aromatic nitrogens is 2. The molecule has 0 aliphatic carbocycles. The van der Waals surface area contributed by atoms with E-state index in [1.807, 2.05) is 0 Å². The average Bonchev–Trinajstić information content (AvgIpc) is 2.53. The first kappa shape index (κ1) is 11.5. The van der Waals surface area contributed by atoms with E-state index in [-0.39, 0.29) is 0 Å². The van der Waals surface area contributed by atoms with E-state index in [9.17, 15) is 0 Å². The van der Waals surface area contributed by atoms with Gasteiger partial charge in [0.25, 0.3) is 0 Å². The van der Waals surface area contributed by atoms with E-state index in [2.05, 4.69) is 47.6 Å². The molecule has 0 aromatic carbocycles. The minimum absolute atomic E-state index is 1.01. The van der Waals surface area contributed by atoms with Crippen molar-refractivity contribution in [3.63, 3.8) is 0 Å². The topological polar surface area (TPSA) is 17.8 Å². The molecule has 0 saturated carbocycles. The lowest BCUT2D eigenvalue weighted by atomic mass is 10.2. The summed E-state index contributed by atoms with van der Waals surface area (Å²) in [6.07, 6.45) is 3.68. The van der Waals surface area contributed by atoms with Crippen molar-refractivity contribution in [3.8, 4) is 11.5 Å². The maximum atomic E-state index is 4.66. The second-order valence-corrected chi connectivity index (χ2v) is 10.3. The molecule has 2 heterocycles. The zero-order valence-corrected chi connectivity index (χ0v) is 11.7. The molecule has 16 heavy (non-hydrogen) atoms. The number of hydrogen-bond donors (Lipinski definition) is 0. The highest BCUT2D eigenvalue weighted by Gasteiger charge is 2.16. The molecular weight excluding hydrogens is 212 g/mol. The van der Waals surface area contributed by atoms with Gasteiger partial charge in [-0.15, -0.1) is 5.54 Å². The molecule has 0 radical (unpaired) electrons. The van der Waals surface area contributed by atoms with Crippen molar-refractivity contribution in [3.05, 3.63) is 17.2 Å². The van der Waals surface area contributed by atoms with Crippen molar-refractivity contribution in [1.29, 1.82) is 0 Å². The van der Waals surface area contributed by atoms with Crippen LogP contribution in [0.2, 0.25) is 19.6 Å². The Hall–Kier alpha value is -1.01. The number of hydrogen-bond acceptors (Lipinski definition) is 1. The summed E-state index contributed by atoms with van der Waals surface area (Å²) < 4.78 is 2.34. The average molecular weight is 232 g/mol. The fourth-order valence-electron chi connectivity index (χ4n) is 2.00. The van der Waals surface area contributed by atoms with Crippen LogP contribution in [0.15, 0.2) is 0 Å². The van der Waals surface area contributed by atoms with Gasteiger partial charge in [-0.05, 0) is 19.8 Å². The molecule has 86 valence electrons. The molecule has 1 aliphatic rings. The zero-order chi connectivity index (χ0) is 11.8. The normalized spacial score (nSPS) is 15.2. The molecule has 1 aromatic heterocycles.